The third kappa shape index (κ3) is 6.24. The smallest absolute Gasteiger partial charge is 0.250 e. The van der Waals surface area contributed by atoms with Gasteiger partial charge in [-0.2, -0.15) is 0 Å². The van der Waals surface area contributed by atoms with Crippen molar-refractivity contribution in [3.63, 3.8) is 0 Å². The Bertz CT molecular complexity index is 1030. The number of aliphatic imine (C=N–C) groups is 1. The quantitative estimate of drug-likeness (QED) is 0.447. The Labute approximate surface area is 177 Å². The molecule has 3 aromatic rings. The van der Waals surface area contributed by atoms with E-state index in [1.54, 1.807) is 30.0 Å². The third-order valence-electron chi connectivity index (χ3n) is 4.63. The standard InChI is InChI=1S/C24H28N4O2/c1-3-25-24(27-17-21-7-6-8-22(15-21)30-2)26-16-19-10-12-20(13-11-19)18-28-14-5-4-9-23(28)29/h4-15H,3,16-18H2,1-2H3,(H2,25,26,27). The van der Waals surface area contributed by atoms with Crippen molar-refractivity contribution in [2.45, 2.75) is 26.6 Å². The molecule has 0 amide bonds. The van der Waals surface area contributed by atoms with Crippen LogP contribution in [0.15, 0.2) is 82.7 Å². The molecule has 30 heavy (non-hydrogen) atoms. The van der Waals surface area contributed by atoms with Crippen LogP contribution in [0.1, 0.15) is 23.6 Å². The molecule has 1 heterocycles. The number of nitrogens with zero attached hydrogens (tertiary/aromatic N) is 2. The van der Waals surface area contributed by atoms with Gasteiger partial charge in [0.1, 0.15) is 5.75 Å². The highest BCUT2D eigenvalue weighted by molar-refractivity contribution is 5.79. The van der Waals surface area contributed by atoms with Crippen LogP contribution in [0.3, 0.4) is 0 Å². The van der Waals surface area contributed by atoms with Gasteiger partial charge in [-0.05, 0) is 41.8 Å². The van der Waals surface area contributed by atoms with Crippen LogP contribution in [0.25, 0.3) is 0 Å². The Morgan fingerprint density at radius 3 is 2.50 bits per heavy atom. The molecular formula is C24H28N4O2. The predicted molar refractivity (Wildman–Crippen MR) is 121 cm³/mol. The number of methoxy groups -OCH3 is 1. The van der Waals surface area contributed by atoms with E-state index in [-0.39, 0.29) is 5.56 Å². The van der Waals surface area contributed by atoms with Gasteiger partial charge in [0.25, 0.3) is 5.56 Å². The van der Waals surface area contributed by atoms with Gasteiger partial charge in [-0.15, -0.1) is 0 Å². The third-order valence-corrected chi connectivity index (χ3v) is 4.63. The van der Waals surface area contributed by atoms with Gasteiger partial charge in [0.05, 0.1) is 20.2 Å². The molecule has 0 atom stereocenters. The number of rotatable bonds is 8. The predicted octanol–water partition coefficient (Wildman–Crippen LogP) is 3.16. The van der Waals surface area contributed by atoms with Crippen molar-refractivity contribution in [2.75, 3.05) is 13.7 Å². The second-order valence-corrected chi connectivity index (χ2v) is 6.88. The monoisotopic (exact) mass is 404 g/mol. The van der Waals surface area contributed by atoms with E-state index in [0.717, 1.165) is 34.9 Å². The molecule has 0 aliphatic heterocycles. The summed E-state index contributed by atoms with van der Waals surface area (Å²) in [7, 11) is 1.66. The second-order valence-electron chi connectivity index (χ2n) is 6.88. The summed E-state index contributed by atoms with van der Waals surface area (Å²) in [5.41, 5.74) is 3.33. The van der Waals surface area contributed by atoms with Crippen molar-refractivity contribution in [3.8, 4) is 5.75 Å². The van der Waals surface area contributed by atoms with E-state index in [4.69, 9.17) is 4.74 Å². The van der Waals surface area contributed by atoms with Crippen LogP contribution in [-0.4, -0.2) is 24.2 Å². The summed E-state index contributed by atoms with van der Waals surface area (Å²) in [6.07, 6.45) is 1.80. The van der Waals surface area contributed by atoms with Gasteiger partial charge in [-0.25, -0.2) is 4.99 Å². The van der Waals surface area contributed by atoms with E-state index in [1.165, 1.54) is 0 Å². The van der Waals surface area contributed by atoms with E-state index < -0.39 is 0 Å². The zero-order valence-corrected chi connectivity index (χ0v) is 17.5. The van der Waals surface area contributed by atoms with Crippen molar-refractivity contribution in [2.24, 2.45) is 4.99 Å². The van der Waals surface area contributed by atoms with Crippen molar-refractivity contribution in [1.29, 1.82) is 0 Å². The lowest BCUT2D eigenvalue weighted by atomic mass is 10.1. The topological polar surface area (TPSA) is 67.7 Å². The Morgan fingerprint density at radius 2 is 1.77 bits per heavy atom. The second kappa shape index (κ2) is 10.9. The average Bonchev–Trinajstić information content (AvgIpc) is 2.78. The lowest BCUT2D eigenvalue weighted by molar-refractivity contribution is 0.414. The summed E-state index contributed by atoms with van der Waals surface area (Å²) < 4.78 is 6.97. The number of nitrogens with one attached hydrogen (secondary N) is 2. The molecule has 0 fully saturated rings. The van der Waals surface area contributed by atoms with Gasteiger partial charge in [0, 0.05) is 25.4 Å². The van der Waals surface area contributed by atoms with Crippen LogP contribution in [0.5, 0.6) is 5.75 Å². The maximum Gasteiger partial charge on any atom is 0.250 e. The van der Waals surface area contributed by atoms with Crippen molar-refractivity contribution in [1.82, 2.24) is 15.2 Å². The molecule has 6 nitrogen and oxygen atoms in total. The average molecular weight is 405 g/mol. The lowest BCUT2D eigenvalue weighted by Crippen LogP contribution is -2.36. The Hall–Kier alpha value is -3.54. The molecule has 0 unspecified atom stereocenters. The number of hydrogen-bond acceptors (Lipinski definition) is 3. The van der Waals surface area contributed by atoms with Gasteiger partial charge in [-0.3, -0.25) is 4.79 Å². The molecule has 0 aliphatic rings. The molecule has 1 aromatic heterocycles. The van der Waals surface area contributed by atoms with E-state index in [2.05, 4.69) is 39.9 Å². The summed E-state index contributed by atoms with van der Waals surface area (Å²) in [6.45, 7) is 4.63. The molecule has 2 N–H and O–H groups in total. The summed E-state index contributed by atoms with van der Waals surface area (Å²) in [6, 6.07) is 21.4. The first-order valence-corrected chi connectivity index (χ1v) is 10.1. The summed E-state index contributed by atoms with van der Waals surface area (Å²) in [4.78, 5) is 16.5. The molecular weight excluding hydrogens is 376 g/mol. The van der Waals surface area contributed by atoms with Crippen molar-refractivity contribution >= 4 is 5.96 Å². The van der Waals surface area contributed by atoms with Crippen LogP contribution in [0.2, 0.25) is 0 Å². The van der Waals surface area contributed by atoms with Crippen molar-refractivity contribution in [3.05, 3.63) is 100.0 Å². The fourth-order valence-corrected chi connectivity index (χ4v) is 3.02. The van der Waals surface area contributed by atoms with E-state index in [1.807, 2.05) is 37.3 Å². The fourth-order valence-electron chi connectivity index (χ4n) is 3.02. The highest BCUT2D eigenvalue weighted by Crippen LogP contribution is 2.13. The minimum atomic E-state index is 0.00534. The van der Waals surface area contributed by atoms with Gasteiger partial charge >= 0.3 is 0 Å². The number of guanidine groups is 1. The lowest BCUT2D eigenvalue weighted by Gasteiger charge is -2.12. The van der Waals surface area contributed by atoms with Gasteiger partial charge in [0.2, 0.25) is 0 Å². The van der Waals surface area contributed by atoms with Gasteiger partial charge in [-0.1, -0.05) is 42.5 Å². The molecule has 0 bridgehead atoms. The first kappa shape index (κ1) is 21.2. The van der Waals surface area contributed by atoms with Crippen LogP contribution < -0.4 is 20.9 Å². The van der Waals surface area contributed by atoms with E-state index in [0.29, 0.717) is 19.6 Å². The molecule has 0 radical (unpaired) electrons. The Kier molecular flexibility index (Phi) is 7.66. The van der Waals surface area contributed by atoms with E-state index >= 15 is 0 Å². The first-order chi connectivity index (χ1) is 14.7. The number of hydrogen-bond donors (Lipinski definition) is 2. The molecule has 2 aromatic carbocycles. The Morgan fingerprint density at radius 1 is 0.967 bits per heavy atom. The number of pyridine rings is 1. The fraction of sp³-hybridized carbons (Fsp3) is 0.250. The molecule has 0 saturated heterocycles. The molecule has 0 aliphatic carbocycles. The van der Waals surface area contributed by atoms with Gasteiger partial charge < -0.3 is 19.9 Å². The number of ether oxygens (including phenoxy) is 1. The zero-order chi connectivity index (χ0) is 21.2. The van der Waals surface area contributed by atoms with Crippen LogP contribution >= 0.6 is 0 Å². The summed E-state index contributed by atoms with van der Waals surface area (Å²) in [5.74, 6) is 1.60. The van der Waals surface area contributed by atoms with Crippen molar-refractivity contribution < 1.29 is 4.74 Å². The maximum atomic E-state index is 11.9. The number of aromatic nitrogens is 1. The largest absolute Gasteiger partial charge is 0.497 e. The van der Waals surface area contributed by atoms with Crippen LogP contribution in [0.4, 0.5) is 0 Å². The van der Waals surface area contributed by atoms with E-state index in [9.17, 15) is 4.79 Å². The summed E-state index contributed by atoms with van der Waals surface area (Å²) >= 11 is 0. The SMILES string of the molecule is CCNC(=NCc1cccc(OC)c1)NCc1ccc(Cn2ccccc2=O)cc1. The van der Waals surface area contributed by atoms with Gasteiger partial charge in [0.15, 0.2) is 5.96 Å². The summed E-state index contributed by atoms with van der Waals surface area (Å²) in [5, 5.41) is 6.64. The van der Waals surface area contributed by atoms with Crippen LogP contribution in [0, 0.1) is 0 Å². The minimum Gasteiger partial charge on any atom is -0.497 e. The highest BCUT2D eigenvalue weighted by Gasteiger charge is 2.01. The molecule has 156 valence electrons. The molecule has 3 rings (SSSR count). The maximum absolute atomic E-state index is 11.9. The molecule has 6 heteroatoms. The highest BCUT2D eigenvalue weighted by atomic mass is 16.5. The zero-order valence-electron chi connectivity index (χ0n) is 17.5. The Balaban J connectivity index is 1.58. The number of benzene rings is 2. The molecule has 0 spiro atoms. The first-order valence-electron chi connectivity index (χ1n) is 10.1. The molecule has 0 saturated carbocycles. The minimum absolute atomic E-state index is 0.00534. The van der Waals surface area contributed by atoms with Crippen LogP contribution in [-0.2, 0) is 19.6 Å². The normalized spacial score (nSPS) is 11.2.